The summed E-state index contributed by atoms with van der Waals surface area (Å²) < 4.78 is 43.0. The summed E-state index contributed by atoms with van der Waals surface area (Å²) >= 11 is 0. The van der Waals surface area contributed by atoms with Crippen LogP contribution in [0, 0.1) is 0 Å². The highest BCUT2D eigenvalue weighted by molar-refractivity contribution is 5.40. The number of alkyl halides is 3. The average Bonchev–Trinajstić information content (AvgIpc) is 3.04. The van der Waals surface area contributed by atoms with E-state index >= 15 is 0 Å². The zero-order valence-electron chi connectivity index (χ0n) is 14.0. The van der Waals surface area contributed by atoms with Gasteiger partial charge in [-0.15, -0.1) is 0 Å². The summed E-state index contributed by atoms with van der Waals surface area (Å²) in [6, 6.07) is 3.09. The zero-order chi connectivity index (χ0) is 18.0. The molecule has 1 aliphatic heterocycles. The van der Waals surface area contributed by atoms with Crippen molar-refractivity contribution in [3.63, 3.8) is 0 Å². The van der Waals surface area contributed by atoms with Crippen LogP contribution in [-0.2, 0) is 6.18 Å². The molecule has 3 heterocycles. The van der Waals surface area contributed by atoms with Gasteiger partial charge >= 0.3 is 12.2 Å². The van der Waals surface area contributed by atoms with Crippen LogP contribution in [0.1, 0.15) is 44.0 Å². The second kappa shape index (κ2) is 6.89. The van der Waals surface area contributed by atoms with E-state index in [0.29, 0.717) is 30.7 Å². The van der Waals surface area contributed by atoms with Crippen molar-refractivity contribution in [3.05, 3.63) is 29.7 Å². The molecule has 1 saturated heterocycles. The Morgan fingerprint density at radius 2 is 1.96 bits per heavy atom. The van der Waals surface area contributed by atoms with Gasteiger partial charge in [-0.2, -0.15) is 18.2 Å². The van der Waals surface area contributed by atoms with E-state index in [2.05, 4.69) is 20.4 Å². The molecule has 1 fully saturated rings. The minimum atomic E-state index is -4.36. The van der Waals surface area contributed by atoms with Gasteiger partial charge in [-0.3, -0.25) is 0 Å². The number of nitrogens with one attached hydrogen (secondary N) is 1. The monoisotopic (exact) mass is 355 g/mol. The van der Waals surface area contributed by atoms with Crippen LogP contribution in [0.4, 0.5) is 25.0 Å². The van der Waals surface area contributed by atoms with Crippen LogP contribution in [0.15, 0.2) is 22.9 Å². The first kappa shape index (κ1) is 17.5. The van der Waals surface area contributed by atoms with Crippen molar-refractivity contribution in [2.45, 2.75) is 44.8 Å². The van der Waals surface area contributed by atoms with Crippen LogP contribution in [0.2, 0.25) is 0 Å². The van der Waals surface area contributed by atoms with Gasteiger partial charge in [0.2, 0.25) is 0 Å². The SMILES string of the molecule is CC(C)c1noc(NC2CCN(c3ccc(C(F)(F)F)cn3)CC2)n1. The second-order valence-corrected chi connectivity index (χ2v) is 6.42. The number of halogens is 3. The summed E-state index contributed by atoms with van der Waals surface area (Å²) in [6.45, 7) is 5.37. The van der Waals surface area contributed by atoms with Crippen LogP contribution in [0.3, 0.4) is 0 Å². The fraction of sp³-hybridized carbons (Fsp3) is 0.562. The molecule has 25 heavy (non-hydrogen) atoms. The van der Waals surface area contributed by atoms with Gasteiger partial charge in [0.25, 0.3) is 0 Å². The number of pyridine rings is 1. The molecule has 9 heteroatoms. The lowest BCUT2D eigenvalue weighted by molar-refractivity contribution is -0.137. The molecule has 0 saturated carbocycles. The lowest BCUT2D eigenvalue weighted by Crippen LogP contribution is -2.39. The lowest BCUT2D eigenvalue weighted by atomic mass is 10.1. The molecule has 1 N–H and O–H groups in total. The van der Waals surface area contributed by atoms with Crippen molar-refractivity contribution in [2.24, 2.45) is 0 Å². The predicted molar refractivity (Wildman–Crippen MR) is 86.5 cm³/mol. The summed E-state index contributed by atoms with van der Waals surface area (Å²) in [5, 5.41) is 7.13. The number of nitrogens with zero attached hydrogens (tertiary/aromatic N) is 4. The molecule has 0 atom stereocenters. The van der Waals surface area contributed by atoms with Gasteiger partial charge in [-0.25, -0.2) is 4.98 Å². The Hall–Kier alpha value is -2.32. The van der Waals surface area contributed by atoms with E-state index < -0.39 is 11.7 Å². The normalized spacial score (nSPS) is 16.5. The third kappa shape index (κ3) is 4.21. The third-order valence-corrected chi connectivity index (χ3v) is 4.18. The summed E-state index contributed by atoms with van der Waals surface area (Å²) in [4.78, 5) is 10.2. The maximum atomic E-state index is 12.6. The highest BCUT2D eigenvalue weighted by Crippen LogP contribution is 2.30. The molecule has 136 valence electrons. The Bertz CT molecular complexity index is 691. The van der Waals surface area contributed by atoms with Crippen LogP contribution >= 0.6 is 0 Å². The molecule has 0 bridgehead atoms. The lowest BCUT2D eigenvalue weighted by Gasteiger charge is -2.32. The molecule has 0 amide bonds. The molecular formula is C16H20F3N5O. The molecule has 0 aromatic carbocycles. The van der Waals surface area contributed by atoms with Gasteiger partial charge in [0.05, 0.1) is 5.56 Å². The van der Waals surface area contributed by atoms with E-state index in [4.69, 9.17) is 4.52 Å². The first-order valence-electron chi connectivity index (χ1n) is 8.21. The Kier molecular flexibility index (Phi) is 4.82. The molecule has 0 aliphatic carbocycles. The average molecular weight is 355 g/mol. The summed E-state index contributed by atoms with van der Waals surface area (Å²) in [6.07, 6.45) is -1.86. The standard InChI is InChI=1S/C16H20F3N5O/c1-10(2)14-22-15(25-23-14)21-12-5-7-24(8-6-12)13-4-3-11(9-20-13)16(17,18)19/h3-4,9-10,12H,5-8H2,1-2H3,(H,21,22,23). The van der Waals surface area contributed by atoms with Gasteiger partial charge in [-0.05, 0) is 25.0 Å². The van der Waals surface area contributed by atoms with Gasteiger partial charge in [-0.1, -0.05) is 19.0 Å². The van der Waals surface area contributed by atoms with Crippen molar-refractivity contribution < 1.29 is 17.7 Å². The van der Waals surface area contributed by atoms with Gasteiger partial charge in [0.15, 0.2) is 5.82 Å². The molecule has 0 spiro atoms. The van der Waals surface area contributed by atoms with E-state index in [0.717, 1.165) is 25.1 Å². The van der Waals surface area contributed by atoms with Crippen molar-refractivity contribution >= 4 is 11.8 Å². The van der Waals surface area contributed by atoms with Crippen LogP contribution in [-0.4, -0.2) is 34.3 Å². The highest BCUT2D eigenvalue weighted by Gasteiger charge is 2.31. The summed E-state index contributed by atoms with van der Waals surface area (Å²) in [5.41, 5.74) is -0.731. The minimum absolute atomic E-state index is 0.186. The van der Waals surface area contributed by atoms with Crippen molar-refractivity contribution in [2.75, 3.05) is 23.3 Å². The van der Waals surface area contributed by atoms with E-state index in [1.54, 1.807) is 0 Å². The van der Waals surface area contributed by atoms with Gasteiger partial charge < -0.3 is 14.7 Å². The van der Waals surface area contributed by atoms with Gasteiger partial charge in [0.1, 0.15) is 5.82 Å². The Balaban J connectivity index is 1.54. The number of hydrogen-bond donors (Lipinski definition) is 1. The van der Waals surface area contributed by atoms with Crippen LogP contribution in [0.5, 0.6) is 0 Å². The maximum absolute atomic E-state index is 12.6. The third-order valence-electron chi connectivity index (χ3n) is 4.18. The number of aromatic nitrogens is 3. The molecule has 6 nitrogen and oxygen atoms in total. The minimum Gasteiger partial charge on any atom is -0.356 e. The molecule has 2 aromatic heterocycles. The first-order valence-corrected chi connectivity index (χ1v) is 8.21. The molecule has 3 rings (SSSR count). The van der Waals surface area contributed by atoms with E-state index in [9.17, 15) is 13.2 Å². The second-order valence-electron chi connectivity index (χ2n) is 6.42. The molecule has 0 radical (unpaired) electrons. The smallest absolute Gasteiger partial charge is 0.356 e. The first-order chi connectivity index (χ1) is 11.8. The van der Waals surface area contributed by atoms with E-state index in [1.165, 1.54) is 6.07 Å². The molecule has 1 aliphatic rings. The Morgan fingerprint density at radius 3 is 2.48 bits per heavy atom. The van der Waals surface area contributed by atoms with Crippen LogP contribution < -0.4 is 10.2 Å². The zero-order valence-corrected chi connectivity index (χ0v) is 14.0. The summed E-state index contributed by atoms with van der Waals surface area (Å²) in [5.74, 6) is 1.42. The van der Waals surface area contributed by atoms with E-state index in [1.807, 2.05) is 18.7 Å². The fourth-order valence-corrected chi connectivity index (χ4v) is 2.70. The Morgan fingerprint density at radius 1 is 1.24 bits per heavy atom. The van der Waals surface area contributed by atoms with Crippen molar-refractivity contribution in [3.8, 4) is 0 Å². The summed E-state index contributed by atoms with van der Waals surface area (Å²) in [7, 11) is 0. The van der Waals surface area contributed by atoms with Crippen molar-refractivity contribution in [1.82, 2.24) is 15.1 Å². The Labute approximate surface area is 143 Å². The molecule has 0 unspecified atom stereocenters. The number of piperidine rings is 1. The molecule has 2 aromatic rings. The fourth-order valence-electron chi connectivity index (χ4n) is 2.70. The van der Waals surface area contributed by atoms with Gasteiger partial charge in [0, 0.05) is 31.2 Å². The number of anilines is 2. The van der Waals surface area contributed by atoms with Crippen molar-refractivity contribution in [1.29, 1.82) is 0 Å². The molecular weight excluding hydrogens is 335 g/mol. The quantitative estimate of drug-likeness (QED) is 0.902. The highest BCUT2D eigenvalue weighted by atomic mass is 19.4. The topological polar surface area (TPSA) is 67.1 Å². The maximum Gasteiger partial charge on any atom is 0.417 e. The van der Waals surface area contributed by atoms with E-state index in [-0.39, 0.29) is 12.0 Å². The largest absolute Gasteiger partial charge is 0.417 e. The van der Waals surface area contributed by atoms with Crippen LogP contribution in [0.25, 0.3) is 0 Å². The number of rotatable bonds is 4. The number of hydrogen-bond acceptors (Lipinski definition) is 6. The predicted octanol–water partition coefficient (Wildman–Crippen LogP) is 3.69.